The molecule has 4 nitrogen and oxygen atoms in total. The molecule has 20 heavy (non-hydrogen) atoms. The van der Waals surface area contributed by atoms with Crippen molar-refractivity contribution >= 4 is 0 Å². The van der Waals surface area contributed by atoms with Crippen molar-refractivity contribution in [2.24, 2.45) is 0 Å². The van der Waals surface area contributed by atoms with Crippen molar-refractivity contribution < 1.29 is 9.47 Å². The Hall–Kier alpha value is -1.26. The van der Waals surface area contributed by atoms with Gasteiger partial charge < -0.3 is 19.7 Å². The van der Waals surface area contributed by atoms with E-state index in [-0.39, 0.29) is 0 Å². The van der Waals surface area contributed by atoms with Gasteiger partial charge in [-0.05, 0) is 43.8 Å². The summed E-state index contributed by atoms with van der Waals surface area (Å²) in [7, 11) is 1.66. The van der Waals surface area contributed by atoms with Crippen LogP contribution in [-0.4, -0.2) is 51.3 Å². The van der Waals surface area contributed by atoms with Crippen LogP contribution in [0.5, 0.6) is 11.5 Å². The Morgan fingerprint density at radius 1 is 1.00 bits per heavy atom. The first-order chi connectivity index (χ1) is 9.80. The monoisotopic (exact) mass is 280 g/mol. The summed E-state index contributed by atoms with van der Waals surface area (Å²) in [6.07, 6.45) is 1.22. The molecular formula is C16H28N2O2. The van der Waals surface area contributed by atoms with Crippen molar-refractivity contribution in [1.82, 2.24) is 10.2 Å². The lowest BCUT2D eigenvalue weighted by Crippen LogP contribution is -2.34. The fourth-order valence-electron chi connectivity index (χ4n) is 2.02. The number of methoxy groups -OCH3 is 1. The maximum Gasteiger partial charge on any atom is 0.119 e. The Morgan fingerprint density at radius 2 is 1.70 bits per heavy atom. The van der Waals surface area contributed by atoms with Gasteiger partial charge in [0, 0.05) is 19.6 Å². The lowest BCUT2D eigenvalue weighted by atomic mass is 10.3. The van der Waals surface area contributed by atoms with Gasteiger partial charge in [0.05, 0.1) is 7.11 Å². The first-order valence-corrected chi connectivity index (χ1v) is 7.50. The molecule has 0 saturated heterocycles. The zero-order valence-electron chi connectivity index (χ0n) is 13.0. The van der Waals surface area contributed by atoms with Gasteiger partial charge >= 0.3 is 0 Å². The molecule has 0 aliphatic rings. The Labute approximate surface area is 123 Å². The molecule has 0 radical (unpaired) electrons. The predicted molar refractivity (Wildman–Crippen MR) is 83.8 cm³/mol. The van der Waals surface area contributed by atoms with Crippen LogP contribution >= 0.6 is 0 Å². The molecule has 0 atom stereocenters. The quantitative estimate of drug-likeness (QED) is 0.631. The number of hydrogen-bond acceptors (Lipinski definition) is 4. The van der Waals surface area contributed by atoms with Gasteiger partial charge in [0.1, 0.15) is 18.1 Å². The van der Waals surface area contributed by atoms with Crippen molar-refractivity contribution in [3.8, 4) is 11.5 Å². The number of nitrogens with one attached hydrogen (secondary N) is 1. The zero-order valence-corrected chi connectivity index (χ0v) is 13.0. The molecule has 0 amide bonds. The molecule has 1 aromatic rings. The number of benzene rings is 1. The summed E-state index contributed by atoms with van der Waals surface area (Å²) in [5.41, 5.74) is 0. The molecule has 1 rings (SSSR count). The van der Waals surface area contributed by atoms with Crippen LogP contribution in [0.15, 0.2) is 24.3 Å². The summed E-state index contributed by atoms with van der Waals surface area (Å²) in [5, 5.41) is 3.41. The third-order valence-corrected chi connectivity index (χ3v) is 3.20. The first-order valence-electron chi connectivity index (χ1n) is 7.50. The molecule has 1 aromatic carbocycles. The average molecular weight is 280 g/mol. The van der Waals surface area contributed by atoms with Crippen LogP contribution in [0.2, 0.25) is 0 Å². The molecule has 114 valence electrons. The van der Waals surface area contributed by atoms with Gasteiger partial charge in [-0.2, -0.15) is 0 Å². The second kappa shape index (κ2) is 10.5. The number of likely N-dealkylation sites (N-methyl/N-ethyl adjacent to an activating group) is 1. The summed E-state index contributed by atoms with van der Waals surface area (Å²) in [4.78, 5) is 2.46. The molecule has 0 fully saturated rings. The van der Waals surface area contributed by atoms with Crippen LogP contribution in [0.4, 0.5) is 0 Å². The van der Waals surface area contributed by atoms with Crippen LogP contribution in [0.1, 0.15) is 20.3 Å². The van der Waals surface area contributed by atoms with E-state index in [1.54, 1.807) is 7.11 Å². The van der Waals surface area contributed by atoms with E-state index in [1.165, 1.54) is 13.0 Å². The van der Waals surface area contributed by atoms with E-state index in [0.717, 1.165) is 37.7 Å². The van der Waals surface area contributed by atoms with Gasteiger partial charge in [-0.15, -0.1) is 0 Å². The molecule has 0 aromatic heterocycles. The maximum atomic E-state index is 5.65. The molecule has 4 heteroatoms. The van der Waals surface area contributed by atoms with E-state index in [9.17, 15) is 0 Å². The Kier molecular flexibility index (Phi) is 8.83. The van der Waals surface area contributed by atoms with E-state index in [1.807, 2.05) is 24.3 Å². The fourth-order valence-corrected chi connectivity index (χ4v) is 2.02. The Bertz CT molecular complexity index is 341. The van der Waals surface area contributed by atoms with Crippen LogP contribution in [0.25, 0.3) is 0 Å². The fraction of sp³-hybridized carbons (Fsp3) is 0.625. The highest BCUT2D eigenvalue weighted by Crippen LogP contribution is 2.16. The average Bonchev–Trinajstić information content (AvgIpc) is 2.50. The molecule has 0 saturated carbocycles. The SMILES string of the molecule is CCCN(CC)CCNCCOc1ccc(OC)cc1. The smallest absolute Gasteiger partial charge is 0.119 e. The highest BCUT2D eigenvalue weighted by molar-refractivity contribution is 5.31. The highest BCUT2D eigenvalue weighted by Gasteiger charge is 1.99. The van der Waals surface area contributed by atoms with Gasteiger partial charge in [0.25, 0.3) is 0 Å². The molecule has 0 aliphatic carbocycles. The second-order valence-electron chi connectivity index (χ2n) is 4.71. The largest absolute Gasteiger partial charge is 0.497 e. The van der Waals surface area contributed by atoms with Crippen LogP contribution in [-0.2, 0) is 0 Å². The first kappa shape index (κ1) is 16.8. The summed E-state index contributed by atoms with van der Waals surface area (Å²) in [6.45, 7) is 10.4. The normalized spacial score (nSPS) is 10.8. The molecule has 0 bridgehead atoms. The third-order valence-electron chi connectivity index (χ3n) is 3.20. The molecular weight excluding hydrogens is 252 g/mol. The maximum absolute atomic E-state index is 5.65. The van der Waals surface area contributed by atoms with Crippen LogP contribution in [0.3, 0.4) is 0 Å². The third kappa shape index (κ3) is 6.78. The minimum absolute atomic E-state index is 0.687. The van der Waals surface area contributed by atoms with Gasteiger partial charge in [-0.25, -0.2) is 0 Å². The van der Waals surface area contributed by atoms with E-state index in [4.69, 9.17) is 9.47 Å². The standard InChI is InChI=1S/C16H28N2O2/c1-4-12-18(5-2)13-10-17-11-14-20-16-8-6-15(19-3)7-9-16/h6-9,17H,4-5,10-14H2,1-3H3. The van der Waals surface area contributed by atoms with Crippen molar-refractivity contribution in [1.29, 1.82) is 0 Å². The lowest BCUT2D eigenvalue weighted by Gasteiger charge is -2.19. The van der Waals surface area contributed by atoms with Crippen molar-refractivity contribution in [3.63, 3.8) is 0 Å². The minimum Gasteiger partial charge on any atom is -0.497 e. The predicted octanol–water partition coefficient (Wildman–Crippen LogP) is 2.40. The lowest BCUT2D eigenvalue weighted by molar-refractivity contribution is 0.276. The number of rotatable bonds is 11. The summed E-state index contributed by atoms with van der Waals surface area (Å²) < 4.78 is 10.8. The Morgan fingerprint density at radius 3 is 2.30 bits per heavy atom. The van der Waals surface area contributed by atoms with Gasteiger partial charge in [0.15, 0.2) is 0 Å². The van der Waals surface area contributed by atoms with Crippen molar-refractivity contribution in [3.05, 3.63) is 24.3 Å². The van der Waals surface area contributed by atoms with Crippen molar-refractivity contribution in [2.45, 2.75) is 20.3 Å². The highest BCUT2D eigenvalue weighted by atomic mass is 16.5. The van der Waals surface area contributed by atoms with Crippen molar-refractivity contribution in [2.75, 3.05) is 46.4 Å². The molecule has 0 heterocycles. The van der Waals surface area contributed by atoms with E-state index < -0.39 is 0 Å². The van der Waals surface area contributed by atoms with Gasteiger partial charge in [-0.1, -0.05) is 13.8 Å². The van der Waals surface area contributed by atoms with Gasteiger partial charge in [-0.3, -0.25) is 0 Å². The molecule has 0 spiro atoms. The molecule has 0 aliphatic heterocycles. The van der Waals surface area contributed by atoms with Gasteiger partial charge in [0.2, 0.25) is 0 Å². The molecule has 1 N–H and O–H groups in total. The van der Waals surface area contributed by atoms with E-state index in [2.05, 4.69) is 24.1 Å². The van der Waals surface area contributed by atoms with Crippen LogP contribution in [0, 0.1) is 0 Å². The topological polar surface area (TPSA) is 33.7 Å². The van der Waals surface area contributed by atoms with E-state index in [0.29, 0.717) is 6.61 Å². The Balaban J connectivity index is 2.06. The number of nitrogens with zero attached hydrogens (tertiary/aromatic N) is 1. The number of ether oxygens (including phenoxy) is 2. The summed E-state index contributed by atoms with van der Waals surface area (Å²) >= 11 is 0. The second-order valence-corrected chi connectivity index (χ2v) is 4.71. The van der Waals surface area contributed by atoms with E-state index >= 15 is 0 Å². The summed E-state index contributed by atoms with van der Waals surface area (Å²) in [6, 6.07) is 7.68. The summed E-state index contributed by atoms with van der Waals surface area (Å²) in [5.74, 6) is 1.74. The van der Waals surface area contributed by atoms with Crippen LogP contribution < -0.4 is 14.8 Å². The minimum atomic E-state index is 0.687. The zero-order chi connectivity index (χ0) is 14.6. The number of hydrogen-bond donors (Lipinski definition) is 1. The molecule has 0 unspecified atom stereocenters.